The Labute approximate surface area is 147 Å². The Kier molecular flexibility index (Phi) is 20.2. The van der Waals surface area contributed by atoms with Crippen molar-refractivity contribution in [2.45, 2.75) is 116 Å². The maximum atomic E-state index is 10.1. The van der Waals surface area contributed by atoms with Crippen molar-refractivity contribution >= 4 is 11.4 Å². The summed E-state index contributed by atoms with van der Waals surface area (Å²) in [5.74, 6) is 0. The molecule has 0 rings (SSSR count). The van der Waals surface area contributed by atoms with Gasteiger partial charge < -0.3 is 8.74 Å². The summed E-state index contributed by atoms with van der Waals surface area (Å²) >= 11 is -2.33. The predicted octanol–water partition coefficient (Wildman–Crippen LogP) is 6.45. The molecule has 0 saturated carbocycles. The lowest BCUT2D eigenvalue weighted by atomic mass is 10.0. The summed E-state index contributed by atoms with van der Waals surface area (Å²) < 4.78 is 24.8. The molecule has 0 saturated heterocycles. The second-order valence-electron chi connectivity index (χ2n) is 6.68. The topological polar surface area (TPSA) is 49.4 Å². The van der Waals surface area contributed by atoms with Gasteiger partial charge in [-0.1, -0.05) is 110 Å². The van der Waals surface area contributed by atoms with Crippen molar-refractivity contribution in [2.75, 3.05) is 6.61 Å². The minimum absolute atomic E-state index is 0.342. The highest BCUT2D eigenvalue weighted by atomic mass is 32.2. The Balaban J connectivity index is 2.96. The Morgan fingerprint density at radius 2 is 0.913 bits per heavy atom. The van der Waals surface area contributed by atoms with Crippen LogP contribution in [0, 0.1) is 0 Å². The molecule has 23 heavy (non-hydrogen) atoms. The molecule has 0 spiro atoms. The molecule has 0 N–H and O–H groups in total. The van der Waals surface area contributed by atoms with Crippen LogP contribution in [0.5, 0.6) is 0 Å². The summed E-state index contributed by atoms with van der Waals surface area (Å²) in [5.41, 5.74) is 0. The van der Waals surface area contributed by atoms with Gasteiger partial charge in [-0.05, 0) is 6.42 Å². The number of rotatable bonds is 19. The molecule has 4 heteroatoms. The predicted molar refractivity (Wildman–Crippen MR) is 99.0 cm³/mol. The van der Waals surface area contributed by atoms with Gasteiger partial charge in [0.1, 0.15) is 0 Å². The molecule has 0 amide bonds. The molecule has 140 valence electrons. The van der Waals surface area contributed by atoms with Crippen molar-refractivity contribution in [3.8, 4) is 0 Å². The SMILES string of the molecule is CCCCCCCCCCCCCCCCCCCOS(=O)[O-]. The fourth-order valence-electron chi connectivity index (χ4n) is 2.95. The average molecular weight is 348 g/mol. The largest absolute Gasteiger partial charge is 0.750 e. The van der Waals surface area contributed by atoms with Crippen LogP contribution >= 0.6 is 0 Å². The molecule has 3 nitrogen and oxygen atoms in total. The van der Waals surface area contributed by atoms with Crippen LogP contribution in [0.15, 0.2) is 0 Å². The lowest BCUT2D eigenvalue weighted by Gasteiger charge is -2.05. The summed E-state index contributed by atoms with van der Waals surface area (Å²) in [6.07, 6.45) is 22.7. The van der Waals surface area contributed by atoms with E-state index in [1.54, 1.807) is 0 Å². The Morgan fingerprint density at radius 1 is 0.609 bits per heavy atom. The first kappa shape index (κ1) is 23.1. The first-order valence-corrected chi connectivity index (χ1v) is 11.0. The molecule has 0 aliphatic carbocycles. The van der Waals surface area contributed by atoms with Crippen LogP contribution in [-0.2, 0) is 15.5 Å². The van der Waals surface area contributed by atoms with Gasteiger partial charge in [-0.2, -0.15) is 0 Å². The summed E-state index contributed by atoms with van der Waals surface area (Å²) in [6, 6.07) is 0. The van der Waals surface area contributed by atoms with E-state index in [4.69, 9.17) is 0 Å². The van der Waals surface area contributed by atoms with Crippen molar-refractivity contribution in [1.82, 2.24) is 0 Å². The minimum atomic E-state index is -2.33. The summed E-state index contributed by atoms with van der Waals surface area (Å²) in [4.78, 5) is 0. The van der Waals surface area contributed by atoms with Crippen LogP contribution in [0.25, 0.3) is 0 Å². The number of unbranched alkanes of at least 4 members (excludes halogenated alkanes) is 16. The molecule has 0 bridgehead atoms. The summed E-state index contributed by atoms with van der Waals surface area (Å²) in [5, 5.41) is 0. The average Bonchev–Trinajstić information content (AvgIpc) is 2.53. The Bertz CT molecular complexity index is 247. The van der Waals surface area contributed by atoms with Crippen LogP contribution in [0.2, 0.25) is 0 Å². The number of hydrogen-bond donors (Lipinski definition) is 0. The van der Waals surface area contributed by atoms with E-state index in [9.17, 15) is 8.76 Å². The third-order valence-corrected chi connectivity index (χ3v) is 4.79. The molecule has 0 aliphatic rings. The van der Waals surface area contributed by atoms with Crippen LogP contribution < -0.4 is 0 Å². The van der Waals surface area contributed by atoms with E-state index in [0.29, 0.717) is 6.61 Å². The highest BCUT2D eigenvalue weighted by Crippen LogP contribution is 2.13. The standard InChI is InChI=1S/C19H40O3S/c1-2-3-4-5-6-7-8-9-10-11-12-13-14-15-16-17-18-19-22-23(20)21/h2-19H2,1H3,(H,20,21)/p-1. The molecule has 0 aromatic carbocycles. The lowest BCUT2D eigenvalue weighted by Crippen LogP contribution is -1.97. The molecule has 1 unspecified atom stereocenters. The van der Waals surface area contributed by atoms with Gasteiger partial charge in [0.25, 0.3) is 0 Å². The molecular weight excluding hydrogens is 308 g/mol. The molecule has 0 radical (unpaired) electrons. The summed E-state index contributed by atoms with van der Waals surface area (Å²) in [7, 11) is 0. The van der Waals surface area contributed by atoms with Gasteiger partial charge in [0, 0.05) is 0 Å². The van der Waals surface area contributed by atoms with Crippen molar-refractivity contribution in [2.24, 2.45) is 0 Å². The van der Waals surface area contributed by atoms with Gasteiger partial charge in [0.15, 0.2) is 0 Å². The van der Waals surface area contributed by atoms with E-state index in [1.807, 2.05) is 0 Å². The van der Waals surface area contributed by atoms with Gasteiger partial charge in [0.05, 0.1) is 18.0 Å². The van der Waals surface area contributed by atoms with E-state index in [0.717, 1.165) is 12.8 Å². The van der Waals surface area contributed by atoms with E-state index >= 15 is 0 Å². The Morgan fingerprint density at radius 3 is 1.22 bits per heavy atom. The third kappa shape index (κ3) is 22.1. The fourth-order valence-corrected chi connectivity index (χ4v) is 3.21. The molecule has 1 atom stereocenters. The normalized spacial score (nSPS) is 12.6. The van der Waals surface area contributed by atoms with Crippen LogP contribution in [0.1, 0.15) is 116 Å². The maximum Gasteiger partial charge on any atom is 0.0842 e. The molecule has 0 aromatic rings. The van der Waals surface area contributed by atoms with Gasteiger partial charge in [-0.3, -0.25) is 0 Å². The highest BCUT2D eigenvalue weighted by Gasteiger charge is 1.95. The van der Waals surface area contributed by atoms with E-state index < -0.39 is 11.4 Å². The zero-order valence-electron chi connectivity index (χ0n) is 15.4. The van der Waals surface area contributed by atoms with Crippen molar-refractivity contribution in [1.29, 1.82) is 0 Å². The van der Waals surface area contributed by atoms with Crippen molar-refractivity contribution in [3.63, 3.8) is 0 Å². The maximum absolute atomic E-state index is 10.1. The van der Waals surface area contributed by atoms with E-state index in [2.05, 4.69) is 11.1 Å². The number of hydrogen-bond acceptors (Lipinski definition) is 3. The Hall–Kier alpha value is 0.0700. The van der Waals surface area contributed by atoms with E-state index in [1.165, 1.54) is 96.3 Å². The fraction of sp³-hybridized carbons (Fsp3) is 1.00. The lowest BCUT2D eigenvalue weighted by molar-refractivity contribution is 0.290. The molecule has 0 heterocycles. The van der Waals surface area contributed by atoms with Gasteiger partial charge >= 0.3 is 0 Å². The third-order valence-electron chi connectivity index (χ3n) is 4.43. The van der Waals surface area contributed by atoms with Crippen LogP contribution in [-0.4, -0.2) is 15.4 Å². The van der Waals surface area contributed by atoms with Crippen molar-refractivity contribution < 1.29 is 12.9 Å². The second-order valence-corrected chi connectivity index (χ2v) is 7.33. The minimum Gasteiger partial charge on any atom is -0.750 e. The van der Waals surface area contributed by atoms with Crippen LogP contribution in [0.3, 0.4) is 0 Å². The second kappa shape index (κ2) is 20.1. The van der Waals surface area contributed by atoms with Gasteiger partial charge in [0.2, 0.25) is 0 Å². The first-order chi connectivity index (χ1) is 11.3. The molecular formula is C19H39O3S-. The van der Waals surface area contributed by atoms with Crippen molar-refractivity contribution in [3.05, 3.63) is 0 Å². The monoisotopic (exact) mass is 347 g/mol. The molecule has 0 aliphatic heterocycles. The molecule has 0 fully saturated rings. The molecule has 0 aromatic heterocycles. The van der Waals surface area contributed by atoms with E-state index in [-0.39, 0.29) is 0 Å². The quantitative estimate of drug-likeness (QED) is 0.199. The zero-order chi connectivity index (χ0) is 17.0. The highest BCUT2D eigenvalue weighted by molar-refractivity contribution is 7.74. The summed E-state index contributed by atoms with van der Waals surface area (Å²) in [6.45, 7) is 2.62. The van der Waals surface area contributed by atoms with Gasteiger partial charge in [-0.15, -0.1) is 0 Å². The zero-order valence-corrected chi connectivity index (χ0v) is 16.2. The first-order valence-electron chi connectivity index (χ1n) is 10.00. The van der Waals surface area contributed by atoms with Crippen LogP contribution in [0.4, 0.5) is 0 Å². The van der Waals surface area contributed by atoms with Gasteiger partial charge in [-0.25, -0.2) is 4.21 Å². The smallest absolute Gasteiger partial charge is 0.0842 e.